The zero-order valence-electron chi connectivity index (χ0n) is 9.03. The van der Waals surface area contributed by atoms with E-state index in [4.69, 9.17) is 14.9 Å². The third kappa shape index (κ3) is 3.93. The molecular weight excluding hydrogens is 230 g/mol. The fourth-order valence-electron chi connectivity index (χ4n) is 1.13. The Morgan fingerprint density at radius 3 is 2.35 bits per heavy atom. The number of anilines is 1. The van der Waals surface area contributed by atoms with Gasteiger partial charge in [0.1, 0.15) is 13.1 Å². The Hall–Kier alpha value is -2.38. The van der Waals surface area contributed by atoms with E-state index < -0.39 is 25.0 Å². The molecule has 0 aliphatic heterocycles. The molecule has 0 aliphatic rings. The van der Waals surface area contributed by atoms with Gasteiger partial charge in [0.25, 0.3) is 0 Å². The lowest BCUT2D eigenvalue weighted by molar-refractivity contribution is -0.136. The summed E-state index contributed by atoms with van der Waals surface area (Å²) >= 11 is 0. The lowest BCUT2D eigenvalue weighted by Gasteiger charge is -2.18. The summed E-state index contributed by atoms with van der Waals surface area (Å²) in [6, 6.07) is 0. The summed E-state index contributed by atoms with van der Waals surface area (Å²) in [7, 11) is 1.38. The predicted octanol–water partition coefficient (Wildman–Crippen LogP) is -0.539. The molecule has 0 unspecified atom stereocenters. The Kier molecular flexibility index (Phi) is 4.21. The molecule has 8 nitrogen and oxygen atoms in total. The van der Waals surface area contributed by atoms with E-state index in [1.54, 1.807) is 0 Å². The molecule has 0 fully saturated rings. The van der Waals surface area contributed by atoms with Crippen molar-refractivity contribution in [1.29, 1.82) is 0 Å². The number of aromatic nitrogens is 2. The van der Waals surface area contributed by atoms with Crippen molar-refractivity contribution in [2.24, 2.45) is 0 Å². The van der Waals surface area contributed by atoms with Gasteiger partial charge < -0.3 is 19.8 Å². The van der Waals surface area contributed by atoms with Crippen molar-refractivity contribution in [3.8, 4) is 5.88 Å². The molecule has 0 aliphatic carbocycles. The van der Waals surface area contributed by atoms with E-state index in [-0.39, 0.29) is 11.7 Å². The van der Waals surface area contributed by atoms with E-state index >= 15 is 0 Å². The van der Waals surface area contributed by atoms with Gasteiger partial charge in [-0.25, -0.2) is 0 Å². The van der Waals surface area contributed by atoms with Crippen molar-refractivity contribution < 1.29 is 24.5 Å². The van der Waals surface area contributed by atoms with Crippen LogP contribution in [-0.4, -0.2) is 52.3 Å². The minimum atomic E-state index is -1.16. The Morgan fingerprint density at radius 1 is 1.29 bits per heavy atom. The van der Waals surface area contributed by atoms with Crippen LogP contribution < -0.4 is 9.64 Å². The van der Waals surface area contributed by atoms with Crippen LogP contribution >= 0.6 is 0 Å². The van der Waals surface area contributed by atoms with Crippen molar-refractivity contribution in [2.75, 3.05) is 25.1 Å². The summed E-state index contributed by atoms with van der Waals surface area (Å²) in [5.41, 5.74) is 0. The van der Waals surface area contributed by atoms with Crippen LogP contribution in [0.5, 0.6) is 5.88 Å². The Labute approximate surface area is 96.5 Å². The maximum atomic E-state index is 10.6. The highest BCUT2D eigenvalue weighted by Crippen LogP contribution is 2.13. The fraction of sp³-hybridized carbons (Fsp3) is 0.333. The van der Waals surface area contributed by atoms with E-state index in [9.17, 15) is 9.59 Å². The second kappa shape index (κ2) is 5.64. The van der Waals surface area contributed by atoms with E-state index in [1.807, 2.05) is 0 Å². The van der Waals surface area contributed by atoms with Gasteiger partial charge in [-0.1, -0.05) is 0 Å². The first-order chi connectivity index (χ1) is 8.02. The van der Waals surface area contributed by atoms with Crippen LogP contribution in [0.25, 0.3) is 0 Å². The van der Waals surface area contributed by atoms with Gasteiger partial charge in [0, 0.05) is 0 Å². The minimum Gasteiger partial charge on any atom is -0.480 e. The molecule has 0 aromatic carbocycles. The fourth-order valence-corrected chi connectivity index (χ4v) is 1.13. The monoisotopic (exact) mass is 241 g/mol. The van der Waals surface area contributed by atoms with E-state index in [1.165, 1.54) is 19.5 Å². The summed E-state index contributed by atoms with van der Waals surface area (Å²) < 4.78 is 4.82. The standard InChI is InChI=1S/C9H11N3O5/c1-17-7-3-10-2-6(11-7)12(4-8(13)14)5-9(15)16/h2-3H,4-5H2,1H3,(H,13,14)(H,15,16). The van der Waals surface area contributed by atoms with Crippen molar-refractivity contribution in [1.82, 2.24) is 9.97 Å². The Bertz CT molecular complexity index is 407. The minimum absolute atomic E-state index is 0.133. The average Bonchev–Trinajstić information content (AvgIpc) is 2.27. The molecule has 0 bridgehead atoms. The Balaban J connectivity index is 2.94. The maximum Gasteiger partial charge on any atom is 0.323 e. The van der Waals surface area contributed by atoms with E-state index in [2.05, 4.69) is 9.97 Å². The van der Waals surface area contributed by atoms with E-state index in [0.717, 1.165) is 4.90 Å². The summed E-state index contributed by atoms with van der Waals surface area (Å²) in [6.45, 7) is -0.956. The largest absolute Gasteiger partial charge is 0.480 e. The number of hydrogen-bond donors (Lipinski definition) is 2. The first-order valence-corrected chi connectivity index (χ1v) is 4.57. The van der Waals surface area contributed by atoms with Gasteiger partial charge in [0.2, 0.25) is 5.88 Å². The van der Waals surface area contributed by atoms with Crippen LogP contribution in [0.3, 0.4) is 0 Å². The number of carbonyl (C=O) groups is 2. The van der Waals surface area contributed by atoms with Crippen LogP contribution in [0, 0.1) is 0 Å². The molecule has 2 N–H and O–H groups in total. The first-order valence-electron chi connectivity index (χ1n) is 4.57. The van der Waals surface area contributed by atoms with Gasteiger partial charge in [-0.2, -0.15) is 4.98 Å². The summed E-state index contributed by atoms with van der Waals surface area (Å²) in [4.78, 5) is 30.0. The van der Waals surface area contributed by atoms with Crippen LogP contribution in [0.2, 0.25) is 0 Å². The van der Waals surface area contributed by atoms with Crippen LogP contribution in [0.4, 0.5) is 5.82 Å². The van der Waals surface area contributed by atoms with E-state index in [0.29, 0.717) is 0 Å². The lowest BCUT2D eigenvalue weighted by Crippen LogP contribution is -2.35. The first kappa shape index (κ1) is 12.7. The molecule has 0 saturated carbocycles. The van der Waals surface area contributed by atoms with Gasteiger partial charge in [-0.05, 0) is 0 Å². The normalized spacial score (nSPS) is 9.71. The summed E-state index contributed by atoms with van der Waals surface area (Å²) in [5, 5.41) is 17.3. The molecule has 0 spiro atoms. The van der Waals surface area contributed by atoms with Crippen molar-refractivity contribution in [2.45, 2.75) is 0 Å². The zero-order valence-corrected chi connectivity index (χ0v) is 9.03. The van der Waals surface area contributed by atoms with Gasteiger partial charge in [-0.3, -0.25) is 14.6 Å². The van der Waals surface area contributed by atoms with Gasteiger partial charge >= 0.3 is 11.9 Å². The molecular formula is C9H11N3O5. The molecule has 17 heavy (non-hydrogen) atoms. The van der Waals surface area contributed by atoms with Crippen molar-refractivity contribution in [3.05, 3.63) is 12.4 Å². The molecule has 1 aromatic rings. The number of carboxylic acid groups (broad SMARTS) is 2. The van der Waals surface area contributed by atoms with Gasteiger partial charge in [0.15, 0.2) is 5.82 Å². The number of methoxy groups -OCH3 is 1. The lowest BCUT2D eigenvalue weighted by atomic mass is 10.4. The smallest absolute Gasteiger partial charge is 0.323 e. The summed E-state index contributed by atoms with van der Waals surface area (Å²) in [5.74, 6) is -2.00. The second-order valence-corrected chi connectivity index (χ2v) is 3.06. The van der Waals surface area contributed by atoms with Crippen molar-refractivity contribution in [3.63, 3.8) is 0 Å². The highest BCUT2D eigenvalue weighted by molar-refractivity contribution is 5.78. The molecule has 0 saturated heterocycles. The molecule has 1 heterocycles. The maximum absolute atomic E-state index is 10.6. The zero-order chi connectivity index (χ0) is 12.8. The molecule has 0 radical (unpaired) electrons. The van der Waals surface area contributed by atoms with Gasteiger partial charge in [0.05, 0.1) is 19.5 Å². The SMILES string of the molecule is COc1cncc(N(CC(=O)O)CC(=O)O)n1. The van der Waals surface area contributed by atoms with Gasteiger partial charge in [-0.15, -0.1) is 0 Å². The number of hydrogen-bond acceptors (Lipinski definition) is 6. The highest BCUT2D eigenvalue weighted by Gasteiger charge is 2.16. The number of carboxylic acids is 2. The Morgan fingerprint density at radius 2 is 1.88 bits per heavy atom. The molecule has 92 valence electrons. The molecule has 8 heteroatoms. The molecule has 0 amide bonds. The molecule has 0 atom stereocenters. The molecule has 1 aromatic heterocycles. The number of rotatable bonds is 6. The predicted molar refractivity (Wildman–Crippen MR) is 56.1 cm³/mol. The van der Waals surface area contributed by atoms with Crippen molar-refractivity contribution >= 4 is 17.8 Å². The van der Waals surface area contributed by atoms with Crippen LogP contribution in [0.1, 0.15) is 0 Å². The number of nitrogens with zero attached hydrogens (tertiary/aromatic N) is 3. The number of ether oxygens (including phenoxy) is 1. The average molecular weight is 241 g/mol. The topological polar surface area (TPSA) is 113 Å². The third-order valence-electron chi connectivity index (χ3n) is 1.79. The quantitative estimate of drug-likeness (QED) is 0.682. The van der Waals surface area contributed by atoms with Crippen LogP contribution in [-0.2, 0) is 9.59 Å². The third-order valence-corrected chi connectivity index (χ3v) is 1.79. The number of aliphatic carboxylic acids is 2. The second-order valence-electron chi connectivity index (χ2n) is 3.06. The highest BCUT2D eigenvalue weighted by atomic mass is 16.5. The molecule has 1 rings (SSSR count). The summed E-state index contributed by atoms with van der Waals surface area (Å²) in [6.07, 6.45) is 2.61. The van der Waals surface area contributed by atoms with Crippen LogP contribution in [0.15, 0.2) is 12.4 Å².